The van der Waals surface area contributed by atoms with Gasteiger partial charge in [0.05, 0.1) is 31.0 Å². The molecule has 2 aliphatic rings. The fourth-order valence-corrected chi connectivity index (χ4v) is 7.50. The second kappa shape index (κ2) is 13.2. The van der Waals surface area contributed by atoms with Crippen molar-refractivity contribution in [3.63, 3.8) is 0 Å². The Kier molecular flexibility index (Phi) is 8.69. The van der Waals surface area contributed by atoms with Gasteiger partial charge in [0.2, 0.25) is 5.54 Å². The Morgan fingerprint density at radius 2 is 1.29 bits per heavy atom. The van der Waals surface area contributed by atoms with E-state index in [0.717, 1.165) is 38.2 Å². The minimum absolute atomic E-state index is 0.0208. The van der Waals surface area contributed by atoms with E-state index in [4.69, 9.17) is 14.2 Å². The molecule has 1 atom stereocenters. The Balaban J connectivity index is 1.40. The number of ether oxygens (including phenoxy) is 3. The maximum absolute atomic E-state index is 15.1. The van der Waals surface area contributed by atoms with Gasteiger partial charge in [-0.1, -0.05) is 96.6 Å². The fourth-order valence-electron chi connectivity index (χ4n) is 7.50. The number of carbonyl (C=O) groups excluding carboxylic acids is 4. The number of rotatable bonds is 9. The van der Waals surface area contributed by atoms with Gasteiger partial charge in [0.1, 0.15) is 6.61 Å². The molecule has 0 aliphatic carbocycles. The molecule has 2 aliphatic heterocycles. The first-order valence-corrected chi connectivity index (χ1v) is 17.1. The van der Waals surface area contributed by atoms with Crippen molar-refractivity contribution in [3.8, 4) is 0 Å². The van der Waals surface area contributed by atoms with Crippen LogP contribution in [0.3, 0.4) is 0 Å². The van der Waals surface area contributed by atoms with Crippen LogP contribution in [0.15, 0.2) is 114 Å². The third-order valence-corrected chi connectivity index (χ3v) is 9.91. The van der Waals surface area contributed by atoms with Crippen LogP contribution in [0.1, 0.15) is 43.0 Å². The highest BCUT2D eigenvalue weighted by atomic mass is 16.6. The average molecular weight is 683 g/mol. The standard InChI is InChI=1S/C42H38N2O7/c1-5-49-39(47)41(40(48)50-6-2)27(4)36(37(45)51-25-33-31-15-9-7-13-29(31)23-30-14-8-10-16-32(30)33)42(43-41)34-17-11-12-18-35(34)44(38(42)46)24-28-21-19-26(3)20-22-28/h7-23,43H,5-6,24-25H2,1-4H3/t42-/m1/s1. The van der Waals surface area contributed by atoms with Crippen molar-refractivity contribution in [2.24, 2.45) is 0 Å². The smallest absolute Gasteiger partial charge is 0.342 e. The zero-order valence-electron chi connectivity index (χ0n) is 28.9. The number of carbonyl (C=O) groups is 4. The van der Waals surface area contributed by atoms with E-state index in [-0.39, 0.29) is 37.5 Å². The first-order chi connectivity index (χ1) is 24.7. The molecule has 51 heavy (non-hydrogen) atoms. The van der Waals surface area contributed by atoms with Gasteiger partial charge in [0, 0.05) is 11.1 Å². The minimum Gasteiger partial charge on any atom is -0.464 e. The van der Waals surface area contributed by atoms with Crippen LogP contribution < -0.4 is 10.2 Å². The molecule has 0 fully saturated rings. The van der Waals surface area contributed by atoms with Crippen molar-refractivity contribution in [2.75, 3.05) is 18.1 Å². The van der Waals surface area contributed by atoms with Gasteiger partial charge in [0.25, 0.3) is 5.91 Å². The maximum Gasteiger partial charge on any atom is 0.342 e. The van der Waals surface area contributed by atoms with Crippen molar-refractivity contribution >= 4 is 51.0 Å². The minimum atomic E-state index is -2.31. The summed E-state index contributed by atoms with van der Waals surface area (Å²) in [6.07, 6.45) is 0. The van der Waals surface area contributed by atoms with E-state index < -0.39 is 34.9 Å². The van der Waals surface area contributed by atoms with Gasteiger partial charge in [-0.15, -0.1) is 0 Å². The predicted octanol–water partition coefficient (Wildman–Crippen LogP) is 6.57. The predicted molar refractivity (Wildman–Crippen MR) is 194 cm³/mol. The van der Waals surface area contributed by atoms with E-state index >= 15 is 4.79 Å². The molecule has 2 heterocycles. The van der Waals surface area contributed by atoms with Crippen LogP contribution >= 0.6 is 0 Å². The Morgan fingerprint density at radius 3 is 1.90 bits per heavy atom. The van der Waals surface area contributed by atoms with Gasteiger partial charge in [-0.3, -0.25) is 10.1 Å². The molecule has 9 nitrogen and oxygen atoms in total. The molecule has 0 saturated heterocycles. The van der Waals surface area contributed by atoms with Crippen molar-refractivity contribution in [2.45, 2.75) is 51.9 Å². The maximum atomic E-state index is 15.1. The molecule has 1 amide bonds. The van der Waals surface area contributed by atoms with Crippen LogP contribution in [-0.2, 0) is 52.1 Å². The van der Waals surface area contributed by atoms with E-state index in [1.807, 2.05) is 79.7 Å². The van der Waals surface area contributed by atoms with Crippen LogP contribution in [0.5, 0.6) is 0 Å². The molecule has 5 aromatic carbocycles. The third kappa shape index (κ3) is 5.27. The lowest BCUT2D eigenvalue weighted by atomic mass is 9.83. The summed E-state index contributed by atoms with van der Waals surface area (Å²) in [5.74, 6) is -3.36. The normalized spacial score (nSPS) is 17.6. The van der Waals surface area contributed by atoms with Crippen LogP contribution in [0.2, 0.25) is 0 Å². The summed E-state index contributed by atoms with van der Waals surface area (Å²) in [7, 11) is 0. The summed E-state index contributed by atoms with van der Waals surface area (Å²) in [5, 5.41) is 6.88. The molecule has 9 heteroatoms. The molecule has 258 valence electrons. The van der Waals surface area contributed by atoms with E-state index in [2.05, 4.69) is 11.4 Å². The molecule has 7 rings (SSSR count). The summed E-state index contributed by atoms with van der Waals surface area (Å²) in [5.41, 5.74) is -0.832. The number of para-hydroxylation sites is 1. The molecule has 0 bridgehead atoms. The second-order valence-corrected chi connectivity index (χ2v) is 12.8. The number of benzene rings is 5. The first-order valence-electron chi connectivity index (χ1n) is 17.1. The Bertz CT molecular complexity index is 2190. The quantitative estimate of drug-likeness (QED) is 0.0805. The van der Waals surface area contributed by atoms with Crippen molar-refractivity contribution in [1.82, 2.24) is 5.32 Å². The summed E-state index contributed by atoms with van der Waals surface area (Å²) in [4.78, 5) is 59.5. The van der Waals surface area contributed by atoms with Gasteiger partial charge < -0.3 is 19.1 Å². The van der Waals surface area contributed by atoms with Crippen LogP contribution in [-0.4, -0.2) is 42.6 Å². The molecule has 1 spiro atoms. The van der Waals surface area contributed by atoms with Crippen LogP contribution in [0.4, 0.5) is 5.69 Å². The first kappa shape index (κ1) is 33.7. The number of hydrogen-bond acceptors (Lipinski definition) is 8. The molecule has 0 radical (unpaired) electrons. The molecule has 5 aromatic rings. The lowest BCUT2D eigenvalue weighted by Gasteiger charge is -2.32. The fraction of sp³-hybridized carbons (Fsp3) is 0.238. The number of esters is 3. The summed E-state index contributed by atoms with van der Waals surface area (Å²) < 4.78 is 17.1. The number of hydrogen-bond donors (Lipinski definition) is 1. The number of amides is 1. The highest BCUT2D eigenvalue weighted by molar-refractivity contribution is 6.21. The van der Waals surface area contributed by atoms with Crippen LogP contribution in [0, 0.1) is 6.92 Å². The van der Waals surface area contributed by atoms with E-state index in [1.54, 1.807) is 43.0 Å². The number of fused-ring (bicyclic) bond motifs is 4. The summed E-state index contributed by atoms with van der Waals surface area (Å²) >= 11 is 0. The summed E-state index contributed by atoms with van der Waals surface area (Å²) in [6, 6.07) is 32.6. The Hall–Kier alpha value is -5.80. The molecular formula is C42H38N2O7. The largest absolute Gasteiger partial charge is 0.464 e. The van der Waals surface area contributed by atoms with E-state index in [0.29, 0.717) is 11.3 Å². The van der Waals surface area contributed by atoms with Gasteiger partial charge in [-0.25, -0.2) is 14.4 Å². The van der Waals surface area contributed by atoms with Gasteiger partial charge in [-0.2, -0.15) is 0 Å². The molecular weight excluding hydrogens is 644 g/mol. The highest BCUT2D eigenvalue weighted by Gasteiger charge is 2.70. The molecule has 1 N–H and O–H groups in total. The number of aryl methyl sites for hydroxylation is 1. The monoisotopic (exact) mass is 682 g/mol. The zero-order chi connectivity index (χ0) is 35.9. The number of anilines is 1. The molecule has 0 unspecified atom stereocenters. The third-order valence-electron chi connectivity index (χ3n) is 9.91. The highest BCUT2D eigenvalue weighted by Crippen LogP contribution is 2.53. The lowest BCUT2D eigenvalue weighted by molar-refractivity contribution is -0.164. The topological polar surface area (TPSA) is 111 Å². The van der Waals surface area contributed by atoms with Gasteiger partial charge in [0.15, 0.2) is 5.54 Å². The van der Waals surface area contributed by atoms with E-state index in [1.165, 1.54) is 6.92 Å². The Morgan fingerprint density at radius 1 is 0.725 bits per heavy atom. The average Bonchev–Trinajstić information content (AvgIpc) is 3.55. The number of nitrogens with zero attached hydrogens (tertiary/aromatic N) is 1. The zero-order valence-corrected chi connectivity index (χ0v) is 28.9. The summed E-state index contributed by atoms with van der Waals surface area (Å²) in [6.45, 7) is 6.62. The Labute approximate surface area is 295 Å². The van der Waals surface area contributed by atoms with Gasteiger partial charge in [-0.05, 0) is 72.5 Å². The molecule has 0 aromatic heterocycles. The van der Waals surface area contributed by atoms with Crippen molar-refractivity contribution in [1.29, 1.82) is 0 Å². The lowest BCUT2D eigenvalue weighted by Crippen LogP contribution is -2.64. The van der Waals surface area contributed by atoms with Crippen molar-refractivity contribution < 1.29 is 33.4 Å². The van der Waals surface area contributed by atoms with E-state index in [9.17, 15) is 14.4 Å². The molecule has 0 saturated carbocycles. The number of nitrogens with one attached hydrogen (secondary N) is 1. The second-order valence-electron chi connectivity index (χ2n) is 12.8. The van der Waals surface area contributed by atoms with Crippen LogP contribution in [0.25, 0.3) is 21.5 Å². The SMILES string of the molecule is CCOC(=O)C1(C(=O)OCC)N[C@@]2(C(=O)N(Cc3ccc(C)cc3)c3ccccc32)C(C(=O)OCc2c3ccccc3cc3ccccc23)=C1C. The van der Waals surface area contributed by atoms with Crippen molar-refractivity contribution in [3.05, 3.63) is 137 Å². The van der Waals surface area contributed by atoms with Gasteiger partial charge >= 0.3 is 17.9 Å².